The van der Waals surface area contributed by atoms with Gasteiger partial charge in [0, 0.05) is 11.5 Å². The Morgan fingerprint density at radius 1 is 1.09 bits per heavy atom. The molecule has 0 heterocycles. The average Bonchev–Trinajstić information content (AvgIpc) is 2.55. The van der Waals surface area contributed by atoms with Gasteiger partial charge in [-0.15, -0.1) is 0 Å². The summed E-state index contributed by atoms with van der Waals surface area (Å²) in [5, 5.41) is 0. The van der Waals surface area contributed by atoms with E-state index in [1.807, 2.05) is 30.3 Å². The minimum Gasteiger partial charge on any atom is -0.298 e. The minimum atomic E-state index is 0.258. The van der Waals surface area contributed by atoms with Crippen LogP contribution in [-0.2, 0) is 0 Å². The fraction of sp³-hybridized carbons (Fsp3) is 0.227. The highest BCUT2D eigenvalue weighted by Gasteiger charge is 2.16. The Morgan fingerprint density at radius 3 is 2.30 bits per heavy atom. The predicted octanol–water partition coefficient (Wildman–Crippen LogP) is 5.80. The van der Waals surface area contributed by atoms with Crippen molar-refractivity contribution in [1.82, 2.24) is 0 Å². The Bertz CT molecular complexity index is 748. The molecule has 0 aliphatic heterocycles. The van der Waals surface area contributed by atoms with Crippen molar-refractivity contribution in [3.63, 3.8) is 0 Å². The van der Waals surface area contributed by atoms with E-state index in [2.05, 4.69) is 52.5 Å². The van der Waals surface area contributed by atoms with Crippen molar-refractivity contribution in [2.45, 2.75) is 33.6 Å². The van der Waals surface area contributed by atoms with Gasteiger partial charge in [-0.25, -0.2) is 0 Å². The first-order valence-corrected chi connectivity index (χ1v) is 7.94. The lowest BCUT2D eigenvalue weighted by molar-refractivity contribution is 0.112. The van der Waals surface area contributed by atoms with Crippen LogP contribution in [0.1, 0.15) is 51.0 Å². The Kier molecular flexibility index (Phi) is 5.33. The van der Waals surface area contributed by atoms with Crippen molar-refractivity contribution in [3.8, 4) is 0 Å². The average molecular weight is 304 g/mol. The second kappa shape index (κ2) is 7.23. The molecule has 0 aliphatic rings. The Morgan fingerprint density at radius 2 is 1.74 bits per heavy atom. The van der Waals surface area contributed by atoms with Gasteiger partial charge in [-0.05, 0) is 48.6 Å². The van der Waals surface area contributed by atoms with Gasteiger partial charge in [-0.2, -0.15) is 0 Å². The number of hydrogen-bond acceptors (Lipinski definition) is 1. The highest BCUT2D eigenvalue weighted by Crippen LogP contribution is 2.35. The van der Waals surface area contributed by atoms with Crippen molar-refractivity contribution < 1.29 is 4.79 Å². The molecule has 2 aromatic rings. The van der Waals surface area contributed by atoms with Gasteiger partial charge in [0.1, 0.15) is 6.29 Å². The maximum Gasteiger partial charge on any atom is 0.150 e. The first-order valence-electron chi connectivity index (χ1n) is 7.94. The van der Waals surface area contributed by atoms with Crippen LogP contribution >= 0.6 is 0 Å². The molecule has 0 saturated heterocycles. The number of allylic oxidation sites excluding steroid dienone is 3. The van der Waals surface area contributed by atoms with Crippen LogP contribution in [0.4, 0.5) is 0 Å². The fourth-order valence-corrected chi connectivity index (χ4v) is 3.06. The summed E-state index contributed by atoms with van der Waals surface area (Å²) in [5.74, 6) is 0.258. The fourth-order valence-electron chi connectivity index (χ4n) is 3.06. The van der Waals surface area contributed by atoms with Crippen LogP contribution in [0.5, 0.6) is 0 Å². The first kappa shape index (κ1) is 17.0. The van der Waals surface area contributed by atoms with E-state index in [-0.39, 0.29) is 5.92 Å². The lowest BCUT2D eigenvalue weighted by atomic mass is 9.83. The molecule has 0 aliphatic carbocycles. The van der Waals surface area contributed by atoms with E-state index in [1.165, 1.54) is 27.8 Å². The summed E-state index contributed by atoms with van der Waals surface area (Å²) in [4.78, 5) is 10.9. The number of benzene rings is 2. The molecular formula is C22H24O. The van der Waals surface area contributed by atoms with E-state index in [4.69, 9.17) is 0 Å². The van der Waals surface area contributed by atoms with Crippen LogP contribution in [0.15, 0.2) is 55.1 Å². The normalized spacial score (nSPS) is 12.8. The van der Waals surface area contributed by atoms with Crippen LogP contribution < -0.4 is 0 Å². The molecule has 1 heteroatoms. The molecule has 2 aromatic carbocycles. The zero-order valence-electron chi connectivity index (χ0n) is 14.4. The third-order valence-electron chi connectivity index (χ3n) is 4.46. The molecular weight excluding hydrogens is 280 g/mol. The van der Waals surface area contributed by atoms with Crippen LogP contribution in [0.3, 0.4) is 0 Å². The van der Waals surface area contributed by atoms with Crippen LogP contribution in [-0.4, -0.2) is 6.29 Å². The zero-order chi connectivity index (χ0) is 17.0. The maximum absolute atomic E-state index is 10.9. The molecule has 0 spiro atoms. The summed E-state index contributed by atoms with van der Waals surface area (Å²) in [6, 6.07) is 12.2. The lowest BCUT2D eigenvalue weighted by Crippen LogP contribution is -2.03. The number of carbonyl (C=O) groups is 1. The van der Waals surface area contributed by atoms with E-state index in [9.17, 15) is 4.79 Å². The van der Waals surface area contributed by atoms with E-state index in [0.717, 1.165) is 11.8 Å². The summed E-state index contributed by atoms with van der Waals surface area (Å²) in [7, 11) is 0. The molecule has 0 saturated carbocycles. The molecule has 1 atom stereocenters. The molecule has 0 N–H and O–H groups in total. The SMILES string of the molecule is C=C/C=C(/c1ccc(C=O)cc1)C(C)c1cc(C)cc(C)c1C. The molecule has 118 valence electrons. The predicted molar refractivity (Wildman–Crippen MR) is 99.1 cm³/mol. The van der Waals surface area contributed by atoms with Crippen LogP contribution in [0.2, 0.25) is 0 Å². The highest BCUT2D eigenvalue weighted by molar-refractivity contribution is 5.78. The van der Waals surface area contributed by atoms with Crippen molar-refractivity contribution >= 4 is 11.9 Å². The van der Waals surface area contributed by atoms with Gasteiger partial charge in [0.15, 0.2) is 0 Å². The number of aryl methyl sites for hydroxylation is 2. The van der Waals surface area contributed by atoms with Crippen LogP contribution in [0.25, 0.3) is 5.57 Å². The molecule has 1 nitrogen and oxygen atoms in total. The summed E-state index contributed by atoms with van der Waals surface area (Å²) < 4.78 is 0. The van der Waals surface area contributed by atoms with Gasteiger partial charge in [0.2, 0.25) is 0 Å². The number of aldehydes is 1. The summed E-state index contributed by atoms with van der Waals surface area (Å²) in [6.45, 7) is 12.6. The Labute approximate surface area is 139 Å². The second-order valence-corrected chi connectivity index (χ2v) is 6.12. The van der Waals surface area contributed by atoms with Crippen molar-refractivity contribution in [1.29, 1.82) is 0 Å². The van der Waals surface area contributed by atoms with E-state index in [1.54, 1.807) is 0 Å². The van der Waals surface area contributed by atoms with Gasteiger partial charge in [-0.3, -0.25) is 4.79 Å². The maximum atomic E-state index is 10.9. The van der Waals surface area contributed by atoms with Gasteiger partial charge in [0.05, 0.1) is 0 Å². The van der Waals surface area contributed by atoms with Gasteiger partial charge >= 0.3 is 0 Å². The summed E-state index contributed by atoms with van der Waals surface area (Å²) in [5.41, 5.74) is 8.32. The molecule has 23 heavy (non-hydrogen) atoms. The van der Waals surface area contributed by atoms with Crippen molar-refractivity contribution in [2.24, 2.45) is 0 Å². The van der Waals surface area contributed by atoms with Crippen molar-refractivity contribution in [2.75, 3.05) is 0 Å². The number of rotatable bonds is 5. The topological polar surface area (TPSA) is 17.1 Å². The summed E-state index contributed by atoms with van der Waals surface area (Å²) in [6.07, 6.45) is 4.77. The van der Waals surface area contributed by atoms with E-state index >= 15 is 0 Å². The molecule has 0 radical (unpaired) electrons. The standard InChI is InChI=1S/C22H24O/c1-6-7-21(20-10-8-19(14-23)9-11-20)18(5)22-13-15(2)12-16(3)17(22)4/h6-14,18H,1H2,2-5H3/b21-7+. The Hall–Kier alpha value is -2.41. The molecule has 0 bridgehead atoms. The second-order valence-electron chi connectivity index (χ2n) is 6.12. The number of hydrogen-bond donors (Lipinski definition) is 0. The van der Waals surface area contributed by atoms with E-state index in [0.29, 0.717) is 5.56 Å². The molecule has 2 rings (SSSR count). The molecule has 0 fully saturated rings. The smallest absolute Gasteiger partial charge is 0.150 e. The van der Waals surface area contributed by atoms with Gasteiger partial charge < -0.3 is 0 Å². The van der Waals surface area contributed by atoms with Gasteiger partial charge in [-0.1, -0.05) is 67.6 Å². The number of carbonyl (C=O) groups excluding carboxylic acids is 1. The molecule has 0 aromatic heterocycles. The van der Waals surface area contributed by atoms with Gasteiger partial charge in [0.25, 0.3) is 0 Å². The summed E-state index contributed by atoms with van der Waals surface area (Å²) >= 11 is 0. The highest BCUT2D eigenvalue weighted by atomic mass is 16.1. The van der Waals surface area contributed by atoms with Crippen LogP contribution in [0, 0.1) is 20.8 Å². The van der Waals surface area contributed by atoms with E-state index < -0.39 is 0 Å². The minimum absolute atomic E-state index is 0.258. The molecule has 1 unspecified atom stereocenters. The lowest BCUT2D eigenvalue weighted by Gasteiger charge is -2.21. The largest absolute Gasteiger partial charge is 0.298 e. The third-order valence-corrected chi connectivity index (χ3v) is 4.46. The quantitative estimate of drug-likeness (QED) is 0.504. The van der Waals surface area contributed by atoms with Crippen molar-refractivity contribution in [3.05, 3.63) is 88.5 Å². The molecule has 0 amide bonds. The third kappa shape index (κ3) is 3.68. The Balaban J connectivity index is 2.51. The zero-order valence-corrected chi connectivity index (χ0v) is 14.4. The monoisotopic (exact) mass is 304 g/mol. The first-order chi connectivity index (χ1) is 11.0.